The quantitative estimate of drug-likeness (QED) is 0.841. The summed E-state index contributed by atoms with van der Waals surface area (Å²) >= 11 is 0. The average molecular weight is 329 g/mol. The molecular formula is C17H23N5O2. The van der Waals surface area contributed by atoms with Crippen LogP contribution in [0.1, 0.15) is 18.4 Å². The fourth-order valence-corrected chi connectivity index (χ4v) is 3.15. The van der Waals surface area contributed by atoms with Crippen LogP contribution in [0.5, 0.6) is 0 Å². The van der Waals surface area contributed by atoms with Gasteiger partial charge in [0, 0.05) is 45.5 Å². The number of nitriles is 1. The van der Waals surface area contributed by atoms with Gasteiger partial charge in [-0.2, -0.15) is 5.26 Å². The fraction of sp³-hybridized carbons (Fsp3) is 0.588. The van der Waals surface area contributed by atoms with Gasteiger partial charge in [0.15, 0.2) is 0 Å². The number of hydrogen-bond donors (Lipinski definition) is 1. The lowest BCUT2D eigenvalue weighted by atomic mass is 10.2. The van der Waals surface area contributed by atoms with Crippen LogP contribution in [0.15, 0.2) is 18.3 Å². The van der Waals surface area contributed by atoms with Gasteiger partial charge in [-0.05, 0) is 25.0 Å². The molecule has 0 aliphatic carbocycles. The van der Waals surface area contributed by atoms with Gasteiger partial charge in [0.05, 0.1) is 18.2 Å². The summed E-state index contributed by atoms with van der Waals surface area (Å²) in [5.41, 5.74) is 0.597. The second kappa shape index (κ2) is 8.08. The van der Waals surface area contributed by atoms with Crippen molar-refractivity contribution >= 4 is 11.7 Å². The molecule has 1 N–H and O–H groups in total. The molecule has 24 heavy (non-hydrogen) atoms. The van der Waals surface area contributed by atoms with Gasteiger partial charge in [0.25, 0.3) is 0 Å². The second-order valence-corrected chi connectivity index (χ2v) is 6.19. The van der Waals surface area contributed by atoms with Crippen molar-refractivity contribution in [3.63, 3.8) is 0 Å². The standard InChI is InChI=1S/C17H23N5O2/c18-11-14-3-1-5-19-17(14)22-8-6-21(7-9-22)13-16(23)20-12-15-4-2-10-24-15/h1,3,5,15H,2,4,6-10,12-13H2,(H,20,23). The number of ether oxygens (including phenoxy) is 1. The molecule has 0 saturated carbocycles. The van der Waals surface area contributed by atoms with Gasteiger partial charge in [-0.1, -0.05) is 0 Å². The van der Waals surface area contributed by atoms with Crippen LogP contribution in [-0.4, -0.2) is 67.8 Å². The van der Waals surface area contributed by atoms with Crippen LogP contribution in [0.25, 0.3) is 0 Å². The van der Waals surface area contributed by atoms with Crippen LogP contribution in [0, 0.1) is 11.3 Å². The predicted octanol–water partition coefficient (Wildman–Crippen LogP) is 0.370. The van der Waals surface area contributed by atoms with Gasteiger partial charge < -0.3 is 15.0 Å². The molecule has 1 aromatic rings. The Bertz CT molecular complexity index is 601. The van der Waals surface area contributed by atoms with Gasteiger partial charge in [-0.3, -0.25) is 9.69 Å². The minimum atomic E-state index is 0.0505. The van der Waals surface area contributed by atoms with Gasteiger partial charge in [-0.25, -0.2) is 4.98 Å². The molecule has 1 amide bonds. The van der Waals surface area contributed by atoms with E-state index in [4.69, 9.17) is 4.74 Å². The number of pyridine rings is 1. The van der Waals surface area contributed by atoms with Crippen molar-refractivity contribution in [2.75, 3.05) is 50.8 Å². The lowest BCUT2D eigenvalue weighted by Gasteiger charge is -2.35. The van der Waals surface area contributed by atoms with E-state index in [1.807, 2.05) is 0 Å². The molecule has 128 valence electrons. The van der Waals surface area contributed by atoms with E-state index in [1.165, 1.54) is 0 Å². The van der Waals surface area contributed by atoms with Crippen LogP contribution >= 0.6 is 0 Å². The van der Waals surface area contributed by atoms with Crippen molar-refractivity contribution in [3.05, 3.63) is 23.9 Å². The molecule has 2 aliphatic heterocycles. The first-order valence-corrected chi connectivity index (χ1v) is 8.47. The van der Waals surface area contributed by atoms with E-state index in [0.717, 1.165) is 51.4 Å². The third-order valence-corrected chi connectivity index (χ3v) is 4.50. The maximum atomic E-state index is 12.0. The molecule has 2 fully saturated rings. The molecule has 0 aromatic carbocycles. The Morgan fingerprint density at radius 3 is 2.96 bits per heavy atom. The monoisotopic (exact) mass is 329 g/mol. The molecule has 0 spiro atoms. The molecule has 3 rings (SSSR count). The Morgan fingerprint density at radius 1 is 1.42 bits per heavy atom. The molecule has 7 heteroatoms. The zero-order valence-corrected chi connectivity index (χ0v) is 13.8. The van der Waals surface area contributed by atoms with Crippen molar-refractivity contribution < 1.29 is 9.53 Å². The largest absolute Gasteiger partial charge is 0.376 e. The molecule has 1 aromatic heterocycles. The number of amides is 1. The number of anilines is 1. The third kappa shape index (κ3) is 4.22. The maximum absolute atomic E-state index is 12.0. The molecule has 1 atom stereocenters. The van der Waals surface area contributed by atoms with Gasteiger partial charge >= 0.3 is 0 Å². The summed E-state index contributed by atoms with van der Waals surface area (Å²) in [6.45, 7) is 4.94. The number of aromatic nitrogens is 1. The Balaban J connectivity index is 1.43. The normalized spacial score (nSPS) is 21.5. The van der Waals surface area contributed by atoms with E-state index in [9.17, 15) is 10.1 Å². The smallest absolute Gasteiger partial charge is 0.234 e. The highest BCUT2D eigenvalue weighted by Crippen LogP contribution is 2.17. The summed E-state index contributed by atoms with van der Waals surface area (Å²) in [4.78, 5) is 20.6. The number of rotatable bonds is 5. The highest BCUT2D eigenvalue weighted by atomic mass is 16.5. The number of carbonyl (C=O) groups is 1. The molecule has 1 unspecified atom stereocenters. The molecule has 3 heterocycles. The van der Waals surface area contributed by atoms with Crippen molar-refractivity contribution in [1.29, 1.82) is 5.26 Å². The van der Waals surface area contributed by atoms with Crippen molar-refractivity contribution in [3.8, 4) is 6.07 Å². The Morgan fingerprint density at radius 2 is 2.25 bits per heavy atom. The zero-order chi connectivity index (χ0) is 16.8. The van der Waals surface area contributed by atoms with E-state index < -0.39 is 0 Å². The maximum Gasteiger partial charge on any atom is 0.234 e. The van der Waals surface area contributed by atoms with Crippen LogP contribution in [0.4, 0.5) is 5.82 Å². The van der Waals surface area contributed by atoms with Gasteiger partial charge in [0.1, 0.15) is 11.9 Å². The van der Waals surface area contributed by atoms with Crippen LogP contribution in [-0.2, 0) is 9.53 Å². The number of piperazine rings is 1. The first kappa shape index (κ1) is 16.7. The van der Waals surface area contributed by atoms with E-state index in [1.54, 1.807) is 18.3 Å². The summed E-state index contributed by atoms with van der Waals surface area (Å²) < 4.78 is 5.51. The minimum Gasteiger partial charge on any atom is -0.376 e. The van der Waals surface area contributed by atoms with Crippen LogP contribution in [0.3, 0.4) is 0 Å². The van der Waals surface area contributed by atoms with Crippen molar-refractivity contribution in [2.24, 2.45) is 0 Å². The van der Waals surface area contributed by atoms with Crippen LogP contribution < -0.4 is 10.2 Å². The highest BCUT2D eigenvalue weighted by molar-refractivity contribution is 5.78. The van der Waals surface area contributed by atoms with Gasteiger partial charge in [-0.15, -0.1) is 0 Å². The topological polar surface area (TPSA) is 81.5 Å². The fourth-order valence-electron chi connectivity index (χ4n) is 3.15. The van der Waals surface area contributed by atoms with Crippen molar-refractivity contribution in [2.45, 2.75) is 18.9 Å². The summed E-state index contributed by atoms with van der Waals surface area (Å²) in [6.07, 6.45) is 4.01. The number of carbonyl (C=O) groups excluding carboxylic acids is 1. The highest BCUT2D eigenvalue weighted by Gasteiger charge is 2.22. The Hall–Kier alpha value is -2.17. The SMILES string of the molecule is N#Cc1cccnc1N1CCN(CC(=O)NCC2CCCO2)CC1. The van der Waals surface area contributed by atoms with E-state index >= 15 is 0 Å². The summed E-state index contributed by atoms with van der Waals surface area (Å²) in [5, 5.41) is 12.1. The average Bonchev–Trinajstić information content (AvgIpc) is 3.14. The summed E-state index contributed by atoms with van der Waals surface area (Å²) in [7, 11) is 0. The number of nitrogens with zero attached hydrogens (tertiary/aromatic N) is 4. The van der Waals surface area contributed by atoms with E-state index in [0.29, 0.717) is 18.7 Å². The van der Waals surface area contributed by atoms with Gasteiger partial charge in [0.2, 0.25) is 5.91 Å². The van der Waals surface area contributed by atoms with E-state index in [-0.39, 0.29) is 12.0 Å². The van der Waals surface area contributed by atoms with E-state index in [2.05, 4.69) is 26.2 Å². The lowest BCUT2D eigenvalue weighted by molar-refractivity contribution is -0.122. The third-order valence-electron chi connectivity index (χ3n) is 4.50. The number of hydrogen-bond acceptors (Lipinski definition) is 6. The lowest BCUT2D eigenvalue weighted by Crippen LogP contribution is -2.50. The van der Waals surface area contributed by atoms with Crippen LogP contribution in [0.2, 0.25) is 0 Å². The Labute approximate surface area is 142 Å². The number of nitrogens with one attached hydrogen (secondary N) is 1. The molecule has 0 bridgehead atoms. The zero-order valence-electron chi connectivity index (χ0n) is 13.8. The molecule has 2 aliphatic rings. The summed E-state index contributed by atoms with van der Waals surface area (Å²) in [5.74, 6) is 0.789. The molecule has 7 nitrogen and oxygen atoms in total. The first-order valence-electron chi connectivity index (χ1n) is 8.47. The Kier molecular flexibility index (Phi) is 5.62. The summed E-state index contributed by atoms with van der Waals surface area (Å²) in [6, 6.07) is 5.75. The molecular weight excluding hydrogens is 306 g/mol. The minimum absolute atomic E-state index is 0.0505. The van der Waals surface area contributed by atoms with Crippen molar-refractivity contribution in [1.82, 2.24) is 15.2 Å². The molecule has 0 radical (unpaired) electrons. The first-order chi connectivity index (χ1) is 11.8. The second-order valence-electron chi connectivity index (χ2n) is 6.19. The predicted molar refractivity (Wildman–Crippen MR) is 89.6 cm³/mol. The molecule has 2 saturated heterocycles.